The molecular weight excluding hydrogens is 202 g/mol. The SMILES string of the molecule is CC1(C)CCC(CNCC2CCOCC2)O1. The Morgan fingerprint density at radius 1 is 1.12 bits per heavy atom. The molecule has 16 heavy (non-hydrogen) atoms. The first-order valence-electron chi connectivity index (χ1n) is 6.62. The molecule has 1 atom stereocenters. The summed E-state index contributed by atoms with van der Waals surface area (Å²) in [5.74, 6) is 0.808. The topological polar surface area (TPSA) is 30.5 Å². The maximum atomic E-state index is 5.95. The van der Waals surface area contributed by atoms with Crippen molar-refractivity contribution in [2.45, 2.75) is 51.2 Å². The van der Waals surface area contributed by atoms with Crippen LogP contribution in [-0.2, 0) is 9.47 Å². The molecule has 94 valence electrons. The highest BCUT2D eigenvalue weighted by Gasteiger charge is 2.31. The number of ether oxygens (including phenoxy) is 2. The van der Waals surface area contributed by atoms with Crippen molar-refractivity contribution in [3.63, 3.8) is 0 Å². The summed E-state index contributed by atoms with van der Waals surface area (Å²) in [6.07, 6.45) is 5.24. The minimum absolute atomic E-state index is 0.102. The van der Waals surface area contributed by atoms with E-state index in [1.54, 1.807) is 0 Å². The van der Waals surface area contributed by atoms with Gasteiger partial charge in [0.1, 0.15) is 0 Å². The zero-order valence-corrected chi connectivity index (χ0v) is 10.6. The summed E-state index contributed by atoms with van der Waals surface area (Å²) in [6, 6.07) is 0. The Bertz CT molecular complexity index is 212. The molecule has 2 aliphatic rings. The zero-order chi connectivity index (χ0) is 11.4. The van der Waals surface area contributed by atoms with Gasteiger partial charge in [-0.15, -0.1) is 0 Å². The van der Waals surface area contributed by atoms with E-state index in [1.807, 2.05) is 0 Å². The molecule has 0 aromatic heterocycles. The molecule has 2 aliphatic heterocycles. The lowest BCUT2D eigenvalue weighted by Gasteiger charge is -2.24. The van der Waals surface area contributed by atoms with Crippen molar-refractivity contribution >= 4 is 0 Å². The molecule has 0 saturated carbocycles. The first-order valence-corrected chi connectivity index (χ1v) is 6.62. The van der Waals surface area contributed by atoms with Gasteiger partial charge in [0.2, 0.25) is 0 Å². The van der Waals surface area contributed by atoms with Crippen molar-refractivity contribution in [1.82, 2.24) is 5.32 Å². The molecule has 2 heterocycles. The third-order valence-electron chi connectivity index (χ3n) is 3.70. The van der Waals surface area contributed by atoms with E-state index in [0.29, 0.717) is 6.10 Å². The molecule has 0 bridgehead atoms. The third kappa shape index (κ3) is 3.72. The molecule has 0 amide bonds. The van der Waals surface area contributed by atoms with Crippen LogP contribution in [-0.4, -0.2) is 38.0 Å². The Morgan fingerprint density at radius 2 is 1.88 bits per heavy atom. The number of hydrogen-bond acceptors (Lipinski definition) is 3. The van der Waals surface area contributed by atoms with E-state index in [2.05, 4.69) is 19.2 Å². The molecule has 3 heteroatoms. The van der Waals surface area contributed by atoms with Crippen LogP contribution in [0.1, 0.15) is 39.5 Å². The summed E-state index contributed by atoms with van der Waals surface area (Å²) in [6.45, 7) is 8.40. The van der Waals surface area contributed by atoms with Gasteiger partial charge in [0.05, 0.1) is 11.7 Å². The predicted molar refractivity (Wildman–Crippen MR) is 64.6 cm³/mol. The van der Waals surface area contributed by atoms with E-state index in [0.717, 1.165) is 32.2 Å². The fraction of sp³-hybridized carbons (Fsp3) is 1.00. The summed E-state index contributed by atoms with van der Waals surface area (Å²) < 4.78 is 11.3. The number of rotatable bonds is 4. The predicted octanol–water partition coefficient (Wildman–Crippen LogP) is 1.96. The van der Waals surface area contributed by atoms with E-state index >= 15 is 0 Å². The highest BCUT2D eigenvalue weighted by Crippen LogP contribution is 2.28. The van der Waals surface area contributed by atoms with Gasteiger partial charge in [-0.05, 0) is 52.0 Å². The van der Waals surface area contributed by atoms with E-state index in [4.69, 9.17) is 9.47 Å². The van der Waals surface area contributed by atoms with E-state index in [1.165, 1.54) is 25.7 Å². The second-order valence-corrected chi connectivity index (χ2v) is 5.75. The summed E-state index contributed by atoms with van der Waals surface area (Å²) in [4.78, 5) is 0. The van der Waals surface area contributed by atoms with Gasteiger partial charge in [0, 0.05) is 19.8 Å². The Kier molecular flexibility index (Phi) is 4.22. The molecule has 1 N–H and O–H groups in total. The van der Waals surface area contributed by atoms with Gasteiger partial charge in [-0.2, -0.15) is 0 Å². The third-order valence-corrected chi connectivity index (χ3v) is 3.70. The summed E-state index contributed by atoms with van der Waals surface area (Å²) in [5.41, 5.74) is 0.102. The van der Waals surface area contributed by atoms with Crippen molar-refractivity contribution in [3.05, 3.63) is 0 Å². The Hall–Kier alpha value is -0.120. The molecule has 0 radical (unpaired) electrons. The Balaban J connectivity index is 1.58. The van der Waals surface area contributed by atoms with Crippen molar-refractivity contribution in [2.24, 2.45) is 5.92 Å². The van der Waals surface area contributed by atoms with Crippen molar-refractivity contribution < 1.29 is 9.47 Å². The molecule has 0 aliphatic carbocycles. The van der Waals surface area contributed by atoms with Crippen molar-refractivity contribution in [2.75, 3.05) is 26.3 Å². The lowest BCUT2D eigenvalue weighted by atomic mass is 10.0. The van der Waals surface area contributed by atoms with Crippen LogP contribution in [0.2, 0.25) is 0 Å². The van der Waals surface area contributed by atoms with E-state index in [9.17, 15) is 0 Å². The van der Waals surface area contributed by atoms with Gasteiger partial charge in [-0.3, -0.25) is 0 Å². The summed E-state index contributed by atoms with van der Waals surface area (Å²) in [5, 5.41) is 3.55. The van der Waals surface area contributed by atoms with E-state index in [-0.39, 0.29) is 5.60 Å². The molecular formula is C13H25NO2. The number of hydrogen-bond donors (Lipinski definition) is 1. The molecule has 1 unspecified atom stereocenters. The van der Waals surface area contributed by atoms with Crippen molar-refractivity contribution in [1.29, 1.82) is 0 Å². The normalized spacial score (nSPS) is 30.8. The molecule has 0 aromatic rings. The largest absolute Gasteiger partial charge is 0.381 e. The molecule has 2 fully saturated rings. The minimum Gasteiger partial charge on any atom is -0.381 e. The zero-order valence-electron chi connectivity index (χ0n) is 10.6. The molecule has 0 aromatic carbocycles. The lowest BCUT2D eigenvalue weighted by molar-refractivity contribution is -0.0150. The Morgan fingerprint density at radius 3 is 2.50 bits per heavy atom. The average molecular weight is 227 g/mol. The van der Waals surface area contributed by atoms with Crippen LogP contribution in [0.3, 0.4) is 0 Å². The van der Waals surface area contributed by atoms with Gasteiger partial charge in [0.25, 0.3) is 0 Å². The summed E-state index contributed by atoms with van der Waals surface area (Å²) in [7, 11) is 0. The first-order chi connectivity index (χ1) is 7.66. The van der Waals surface area contributed by atoms with Crippen LogP contribution in [0.15, 0.2) is 0 Å². The minimum atomic E-state index is 0.102. The quantitative estimate of drug-likeness (QED) is 0.796. The molecule has 2 saturated heterocycles. The van der Waals surface area contributed by atoms with Crippen LogP contribution >= 0.6 is 0 Å². The average Bonchev–Trinajstić information content (AvgIpc) is 2.60. The van der Waals surface area contributed by atoms with Crippen molar-refractivity contribution in [3.8, 4) is 0 Å². The second-order valence-electron chi connectivity index (χ2n) is 5.75. The summed E-state index contributed by atoms with van der Waals surface area (Å²) >= 11 is 0. The molecule has 3 nitrogen and oxygen atoms in total. The van der Waals surface area contributed by atoms with Gasteiger partial charge in [0.15, 0.2) is 0 Å². The van der Waals surface area contributed by atoms with Crippen LogP contribution in [0.4, 0.5) is 0 Å². The molecule has 0 spiro atoms. The smallest absolute Gasteiger partial charge is 0.0707 e. The van der Waals surface area contributed by atoms with Crippen LogP contribution in [0.25, 0.3) is 0 Å². The standard InChI is InChI=1S/C13H25NO2/c1-13(2)6-3-12(16-13)10-14-9-11-4-7-15-8-5-11/h11-12,14H,3-10H2,1-2H3. The lowest BCUT2D eigenvalue weighted by Crippen LogP contribution is -2.34. The maximum Gasteiger partial charge on any atom is 0.0707 e. The molecule has 2 rings (SSSR count). The van der Waals surface area contributed by atoms with Gasteiger partial charge in [-0.1, -0.05) is 0 Å². The second kappa shape index (κ2) is 5.48. The number of nitrogens with one attached hydrogen (secondary N) is 1. The Labute approximate surface area is 98.9 Å². The fourth-order valence-corrected chi connectivity index (χ4v) is 2.62. The van der Waals surface area contributed by atoms with E-state index < -0.39 is 0 Å². The van der Waals surface area contributed by atoms with Gasteiger partial charge < -0.3 is 14.8 Å². The van der Waals surface area contributed by atoms with Crippen LogP contribution in [0.5, 0.6) is 0 Å². The fourth-order valence-electron chi connectivity index (χ4n) is 2.62. The van der Waals surface area contributed by atoms with Gasteiger partial charge >= 0.3 is 0 Å². The highest BCUT2D eigenvalue weighted by atomic mass is 16.5. The first kappa shape index (κ1) is 12.3. The van der Waals surface area contributed by atoms with Crippen LogP contribution < -0.4 is 5.32 Å². The monoisotopic (exact) mass is 227 g/mol. The maximum absolute atomic E-state index is 5.95. The highest BCUT2D eigenvalue weighted by molar-refractivity contribution is 4.82. The van der Waals surface area contributed by atoms with Gasteiger partial charge in [-0.25, -0.2) is 0 Å². The van der Waals surface area contributed by atoms with Crippen LogP contribution in [0, 0.1) is 5.92 Å².